The number of nitrogens with zero attached hydrogens (tertiary/aromatic N) is 2. The number of thiophene rings is 1. The molecule has 2 aromatic rings. The van der Waals surface area contributed by atoms with Crippen LogP contribution in [0.2, 0.25) is 0 Å². The van der Waals surface area contributed by atoms with Gasteiger partial charge in [-0.3, -0.25) is 4.79 Å². The van der Waals surface area contributed by atoms with E-state index in [9.17, 15) is 4.79 Å². The number of rotatable bonds is 4. The van der Waals surface area contributed by atoms with Crippen LogP contribution < -0.4 is 4.74 Å². The van der Waals surface area contributed by atoms with Gasteiger partial charge < -0.3 is 4.74 Å². The minimum Gasteiger partial charge on any atom is -0.497 e. The third-order valence-electron chi connectivity index (χ3n) is 4.09. The largest absolute Gasteiger partial charge is 0.497 e. The fraction of sp³-hybridized carbons (Fsp3) is 0.333. The summed E-state index contributed by atoms with van der Waals surface area (Å²) in [5.74, 6) is 0.866. The van der Waals surface area contributed by atoms with Crippen molar-refractivity contribution >= 4 is 23.0 Å². The molecule has 0 N–H and O–H groups in total. The molecule has 1 aliphatic rings. The third-order valence-corrected chi connectivity index (χ3v) is 5.16. The van der Waals surface area contributed by atoms with E-state index in [4.69, 9.17) is 4.74 Å². The van der Waals surface area contributed by atoms with Crippen molar-refractivity contribution in [3.63, 3.8) is 0 Å². The zero-order valence-electron chi connectivity index (χ0n) is 13.6. The first-order valence-corrected chi connectivity index (χ1v) is 8.60. The Kier molecular flexibility index (Phi) is 4.48. The number of hydrogen-bond acceptors (Lipinski definition) is 4. The lowest BCUT2D eigenvalue weighted by molar-refractivity contribution is -0.132. The van der Waals surface area contributed by atoms with Crippen molar-refractivity contribution in [3.05, 3.63) is 51.7 Å². The minimum absolute atomic E-state index is 0.0372. The van der Waals surface area contributed by atoms with E-state index in [2.05, 4.69) is 23.5 Å². The van der Waals surface area contributed by atoms with E-state index in [1.165, 1.54) is 10.4 Å². The summed E-state index contributed by atoms with van der Waals surface area (Å²) >= 11 is 1.68. The SMILES string of the molecule is CCC(=O)N1N=C(c2sccc2C)C[C@H]1c1ccc(OC)cc1. The first-order valence-electron chi connectivity index (χ1n) is 7.72. The number of ether oxygens (including phenoxy) is 1. The van der Waals surface area contributed by atoms with Crippen LogP contribution in [0.1, 0.15) is 41.8 Å². The molecule has 0 bridgehead atoms. The van der Waals surface area contributed by atoms with Crippen molar-refractivity contribution in [2.75, 3.05) is 7.11 Å². The van der Waals surface area contributed by atoms with Gasteiger partial charge in [0.25, 0.3) is 0 Å². The highest BCUT2D eigenvalue weighted by molar-refractivity contribution is 7.12. The second kappa shape index (κ2) is 6.54. The van der Waals surface area contributed by atoms with Gasteiger partial charge in [0, 0.05) is 12.8 Å². The van der Waals surface area contributed by atoms with Crippen molar-refractivity contribution < 1.29 is 9.53 Å². The fourth-order valence-electron chi connectivity index (χ4n) is 2.79. The molecular weight excluding hydrogens is 308 g/mol. The quantitative estimate of drug-likeness (QED) is 0.846. The summed E-state index contributed by atoms with van der Waals surface area (Å²) in [6.45, 7) is 3.96. The predicted molar refractivity (Wildman–Crippen MR) is 93.1 cm³/mol. The molecule has 0 radical (unpaired) electrons. The Morgan fingerprint density at radius 3 is 2.65 bits per heavy atom. The monoisotopic (exact) mass is 328 g/mol. The van der Waals surface area contributed by atoms with Gasteiger partial charge in [-0.05, 0) is 41.6 Å². The van der Waals surface area contributed by atoms with Crippen molar-refractivity contribution in [2.24, 2.45) is 5.10 Å². The molecule has 0 saturated heterocycles. The molecule has 1 aromatic carbocycles. The fourth-order valence-corrected chi connectivity index (χ4v) is 3.72. The summed E-state index contributed by atoms with van der Waals surface area (Å²) in [7, 11) is 1.65. The van der Waals surface area contributed by atoms with E-state index in [0.717, 1.165) is 23.4 Å². The number of methoxy groups -OCH3 is 1. The zero-order valence-corrected chi connectivity index (χ0v) is 14.4. The second-order valence-electron chi connectivity index (χ2n) is 5.56. The molecule has 3 rings (SSSR count). The molecule has 120 valence electrons. The number of benzene rings is 1. The lowest BCUT2D eigenvalue weighted by Gasteiger charge is -2.21. The first kappa shape index (κ1) is 15.7. The van der Waals surface area contributed by atoms with E-state index in [1.54, 1.807) is 23.5 Å². The molecule has 0 spiro atoms. The van der Waals surface area contributed by atoms with Gasteiger partial charge in [0.05, 0.1) is 23.7 Å². The number of amides is 1. The lowest BCUT2D eigenvalue weighted by Crippen LogP contribution is -2.26. The normalized spacial score (nSPS) is 17.3. The molecule has 0 aliphatic carbocycles. The Labute approximate surface area is 140 Å². The van der Waals surface area contributed by atoms with Crippen molar-refractivity contribution in [3.8, 4) is 5.75 Å². The Balaban J connectivity index is 1.93. The van der Waals surface area contributed by atoms with E-state index in [0.29, 0.717) is 6.42 Å². The van der Waals surface area contributed by atoms with E-state index in [-0.39, 0.29) is 11.9 Å². The predicted octanol–water partition coefficient (Wildman–Crippen LogP) is 4.15. The maximum absolute atomic E-state index is 12.3. The van der Waals surface area contributed by atoms with Gasteiger partial charge in [-0.15, -0.1) is 11.3 Å². The van der Waals surface area contributed by atoms with Gasteiger partial charge in [-0.2, -0.15) is 5.10 Å². The van der Waals surface area contributed by atoms with Crippen molar-refractivity contribution in [2.45, 2.75) is 32.7 Å². The Morgan fingerprint density at radius 1 is 1.35 bits per heavy atom. The Hall–Kier alpha value is -2.14. The van der Waals surface area contributed by atoms with Gasteiger partial charge in [-0.25, -0.2) is 5.01 Å². The summed E-state index contributed by atoms with van der Waals surface area (Å²) < 4.78 is 5.22. The number of carbonyl (C=O) groups excluding carboxylic acids is 1. The van der Waals surface area contributed by atoms with Crippen molar-refractivity contribution in [1.29, 1.82) is 0 Å². The van der Waals surface area contributed by atoms with Gasteiger partial charge in [-0.1, -0.05) is 19.1 Å². The van der Waals surface area contributed by atoms with Crippen LogP contribution >= 0.6 is 11.3 Å². The molecule has 0 saturated carbocycles. The molecule has 1 amide bonds. The molecule has 0 fully saturated rings. The van der Waals surface area contributed by atoms with Crippen molar-refractivity contribution in [1.82, 2.24) is 5.01 Å². The van der Waals surface area contributed by atoms with Crippen LogP contribution in [0.4, 0.5) is 0 Å². The van der Waals surface area contributed by atoms with Crippen LogP contribution in [-0.2, 0) is 4.79 Å². The molecule has 2 heterocycles. The highest BCUT2D eigenvalue weighted by atomic mass is 32.1. The van der Waals surface area contributed by atoms with Crippen LogP contribution in [0.15, 0.2) is 40.8 Å². The highest BCUT2D eigenvalue weighted by Gasteiger charge is 2.33. The highest BCUT2D eigenvalue weighted by Crippen LogP contribution is 2.35. The van der Waals surface area contributed by atoms with Gasteiger partial charge in [0.15, 0.2) is 0 Å². The minimum atomic E-state index is -0.0372. The summed E-state index contributed by atoms with van der Waals surface area (Å²) in [4.78, 5) is 13.5. The molecule has 1 aromatic heterocycles. The smallest absolute Gasteiger partial charge is 0.242 e. The van der Waals surface area contributed by atoms with Crippen LogP contribution in [0, 0.1) is 6.92 Å². The Bertz CT molecular complexity index is 734. The Morgan fingerprint density at radius 2 is 2.09 bits per heavy atom. The van der Waals surface area contributed by atoms with Gasteiger partial charge in [0.1, 0.15) is 5.75 Å². The third kappa shape index (κ3) is 3.01. The molecule has 0 unspecified atom stereocenters. The number of carbonyl (C=O) groups is 1. The summed E-state index contributed by atoms with van der Waals surface area (Å²) in [5, 5.41) is 8.36. The molecule has 1 aliphatic heterocycles. The average Bonchev–Trinajstić information content (AvgIpc) is 3.20. The summed E-state index contributed by atoms with van der Waals surface area (Å²) in [6, 6.07) is 9.94. The van der Waals surface area contributed by atoms with Crippen LogP contribution in [0.5, 0.6) is 5.75 Å². The molecular formula is C18H20N2O2S. The summed E-state index contributed by atoms with van der Waals surface area (Å²) in [6.07, 6.45) is 1.20. The number of aryl methyl sites for hydroxylation is 1. The maximum Gasteiger partial charge on any atom is 0.242 e. The zero-order chi connectivity index (χ0) is 16.4. The van der Waals surface area contributed by atoms with Crippen LogP contribution in [0.3, 0.4) is 0 Å². The van der Waals surface area contributed by atoms with Crippen LogP contribution in [-0.4, -0.2) is 23.7 Å². The first-order chi connectivity index (χ1) is 11.1. The molecule has 1 atom stereocenters. The standard InChI is InChI=1S/C18H20N2O2S/c1-4-17(21)20-16(13-5-7-14(22-3)8-6-13)11-15(19-20)18-12(2)9-10-23-18/h5-10,16H,4,11H2,1-3H3/t16-/m0/s1. The molecule has 5 heteroatoms. The number of hydrazone groups is 1. The van der Waals surface area contributed by atoms with Crippen LogP contribution in [0.25, 0.3) is 0 Å². The van der Waals surface area contributed by atoms with E-state index >= 15 is 0 Å². The number of hydrogen-bond donors (Lipinski definition) is 0. The second-order valence-corrected chi connectivity index (χ2v) is 6.48. The van der Waals surface area contributed by atoms with E-state index < -0.39 is 0 Å². The topological polar surface area (TPSA) is 41.9 Å². The summed E-state index contributed by atoms with van der Waals surface area (Å²) in [5.41, 5.74) is 3.30. The lowest BCUT2D eigenvalue weighted by atomic mass is 10.00. The van der Waals surface area contributed by atoms with E-state index in [1.807, 2.05) is 31.2 Å². The maximum atomic E-state index is 12.3. The molecule has 4 nitrogen and oxygen atoms in total. The average molecular weight is 328 g/mol. The van der Waals surface area contributed by atoms with Gasteiger partial charge >= 0.3 is 0 Å². The molecule has 23 heavy (non-hydrogen) atoms. The van der Waals surface area contributed by atoms with Gasteiger partial charge in [0.2, 0.25) is 5.91 Å².